The predicted octanol–water partition coefficient (Wildman–Crippen LogP) is 1.24. The quantitative estimate of drug-likeness (QED) is 0.569. The summed E-state index contributed by atoms with van der Waals surface area (Å²) in [6.45, 7) is 3.89. The Hall–Kier alpha value is -0.480. The van der Waals surface area contributed by atoms with Crippen molar-refractivity contribution in [1.29, 1.82) is 0 Å². The van der Waals surface area contributed by atoms with E-state index in [2.05, 4.69) is 0 Å². The fraction of sp³-hybridized carbons (Fsp3) is 0.800. The zero-order valence-electron chi connectivity index (χ0n) is 9.28. The van der Waals surface area contributed by atoms with Crippen LogP contribution in [-0.2, 0) is 14.3 Å². The van der Waals surface area contributed by atoms with E-state index in [4.69, 9.17) is 27.9 Å². The number of carbonyl (C=O) groups is 2. The first-order valence-corrected chi connectivity index (χ1v) is 6.11. The van der Waals surface area contributed by atoms with Gasteiger partial charge in [-0.25, -0.2) is 0 Å². The first-order chi connectivity index (χ1) is 7.45. The molecule has 1 fully saturated rings. The van der Waals surface area contributed by atoms with Gasteiger partial charge in [-0.2, -0.15) is 0 Å². The number of ether oxygens (including phenoxy) is 1. The van der Waals surface area contributed by atoms with Crippen molar-refractivity contribution in [2.45, 2.75) is 25.3 Å². The molecule has 92 valence electrons. The standard InChI is InChI=1S/C10H15Cl2NO3/c1-6(2)16-8(14)5-13-4-7(3-11)9(12)10(13)15/h6-7,9H,3-5H2,1-2H3. The lowest BCUT2D eigenvalue weighted by Gasteiger charge is -2.16. The summed E-state index contributed by atoms with van der Waals surface area (Å²) in [6, 6.07) is 0. The molecule has 1 aliphatic heterocycles. The van der Waals surface area contributed by atoms with Crippen molar-refractivity contribution in [2.24, 2.45) is 5.92 Å². The van der Waals surface area contributed by atoms with Crippen LogP contribution in [-0.4, -0.2) is 47.2 Å². The molecule has 0 aromatic carbocycles. The molecule has 4 nitrogen and oxygen atoms in total. The number of amides is 1. The van der Waals surface area contributed by atoms with E-state index in [0.717, 1.165) is 0 Å². The van der Waals surface area contributed by atoms with Gasteiger partial charge in [0.25, 0.3) is 0 Å². The smallest absolute Gasteiger partial charge is 0.325 e. The first kappa shape index (κ1) is 13.6. The molecule has 0 aromatic rings. The minimum Gasteiger partial charge on any atom is -0.462 e. The molecule has 0 saturated carbocycles. The third-order valence-corrected chi connectivity index (χ3v) is 3.24. The molecule has 16 heavy (non-hydrogen) atoms. The van der Waals surface area contributed by atoms with Crippen LogP contribution < -0.4 is 0 Å². The molecule has 1 heterocycles. The highest BCUT2D eigenvalue weighted by atomic mass is 35.5. The fourth-order valence-corrected chi connectivity index (χ4v) is 2.24. The number of nitrogens with zero attached hydrogens (tertiary/aromatic N) is 1. The highest BCUT2D eigenvalue weighted by Gasteiger charge is 2.39. The van der Waals surface area contributed by atoms with Gasteiger partial charge in [0.2, 0.25) is 5.91 Å². The Morgan fingerprint density at radius 2 is 2.25 bits per heavy atom. The second-order valence-electron chi connectivity index (χ2n) is 4.07. The third-order valence-electron chi connectivity index (χ3n) is 2.30. The number of rotatable bonds is 4. The Morgan fingerprint density at radius 1 is 1.62 bits per heavy atom. The maximum absolute atomic E-state index is 11.6. The van der Waals surface area contributed by atoms with E-state index in [0.29, 0.717) is 12.4 Å². The highest BCUT2D eigenvalue weighted by Crippen LogP contribution is 2.24. The Morgan fingerprint density at radius 3 is 2.69 bits per heavy atom. The number of hydrogen-bond donors (Lipinski definition) is 0. The van der Waals surface area contributed by atoms with Crippen molar-refractivity contribution in [2.75, 3.05) is 19.0 Å². The molecule has 0 aromatic heterocycles. The minimum absolute atomic E-state index is 0.0480. The summed E-state index contributed by atoms with van der Waals surface area (Å²) >= 11 is 11.6. The van der Waals surface area contributed by atoms with Gasteiger partial charge < -0.3 is 9.64 Å². The number of likely N-dealkylation sites (tertiary alicyclic amines) is 1. The summed E-state index contributed by atoms with van der Waals surface area (Å²) in [5, 5.41) is -0.621. The predicted molar refractivity (Wildman–Crippen MR) is 61.7 cm³/mol. The van der Waals surface area contributed by atoms with E-state index < -0.39 is 11.3 Å². The minimum atomic E-state index is -0.621. The molecule has 0 bridgehead atoms. The second kappa shape index (κ2) is 5.73. The summed E-state index contributed by atoms with van der Waals surface area (Å²) < 4.78 is 4.96. The Labute approximate surface area is 105 Å². The van der Waals surface area contributed by atoms with Gasteiger partial charge >= 0.3 is 5.97 Å². The molecule has 1 saturated heterocycles. The van der Waals surface area contributed by atoms with E-state index in [1.807, 2.05) is 0 Å². The van der Waals surface area contributed by atoms with E-state index in [-0.39, 0.29) is 24.5 Å². The molecule has 2 atom stereocenters. The zero-order valence-corrected chi connectivity index (χ0v) is 10.8. The molecule has 0 radical (unpaired) electrons. The number of alkyl halides is 2. The summed E-state index contributed by atoms with van der Waals surface area (Å²) in [6.07, 6.45) is -0.180. The first-order valence-electron chi connectivity index (χ1n) is 5.14. The van der Waals surface area contributed by atoms with Crippen LogP contribution in [0.5, 0.6) is 0 Å². The molecule has 2 unspecified atom stereocenters. The maximum atomic E-state index is 11.6. The van der Waals surface area contributed by atoms with Crippen LogP contribution in [0.15, 0.2) is 0 Å². The van der Waals surface area contributed by atoms with Gasteiger partial charge in [0.1, 0.15) is 11.9 Å². The van der Waals surface area contributed by atoms with Gasteiger partial charge in [0.05, 0.1) is 6.10 Å². The van der Waals surface area contributed by atoms with Crippen LogP contribution in [0.4, 0.5) is 0 Å². The van der Waals surface area contributed by atoms with Gasteiger partial charge in [-0.15, -0.1) is 23.2 Å². The topological polar surface area (TPSA) is 46.6 Å². The SMILES string of the molecule is CC(C)OC(=O)CN1CC(CCl)C(Cl)C1=O. The largest absolute Gasteiger partial charge is 0.462 e. The number of esters is 1. The van der Waals surface area contributed by atoms with E-state index in [1.165, 1.54) is 4.90 Å². The number of carbonyl (C=O) groups excluding carboxylic acids is 2. The Balaban J connectivity index is 2.50. The highest BCUT2D eigenvalue weighted by molar-refractivity contribution is 6.32. The van der Waals surface area contributed by atoms with Crippen molar-refractivity contribution in [3.05, 3.63) is 0 Å². The molecule has 1 aliphatic rings. The van der Waals surface area contributed by atoms with Crippen molar-refractivity contribution in [3.63, 3.8) is 0 Å². The fourth-order valence-electron chi connectivity index (χ4n) is 1.57. The van der Waals surface area contributed by atoms with Crippen LogP contribution in [0, 0.1) is 5.92 Å². The van der Waals surface area contributed by atoms with Crippen molar-refractivity contribution >= 4 is 35.1 Å². The summed E-state index contributed by atoms with van der Waals surface area (Å²) in [5.74, 6) is -0.437. The number of hydrogen-bond acceptors (Lipinski definition) is 3. The molecule has 0 N–H and O–H groups in total. The summed E-state index contributed by atoms with van der Waals surface area (Å²) in [7, 11) is 0. The average molecular weight is 268 g/mol. The molecule has 1 rings (SSSR count). The lowest BCUT2D eigenvalue weighted by Crippen LogP contribution is -2.34. The van der Waals surface area contributed by atoms with Crippen LogP contribution in [0.1, 0.15) is 13.8 Å². The van der Waals surface area contributed by atoms with Crippen LogP contribution in [0.2, 0.25) is 0 Å². The summed E-state index contributed by atoms with van der Waals surface area (Å²) in [4.78, 5) is 24.4. The Kier molecular flexibility index (Phi) is 4.87. The van der Waals surface area contributed by atoms with Crippen molar-refractivity contribution in [3.8, 4) is 0 Å². The van der Waals surface area contributed by atoms with E-state index >= 15 is 0 Å². The number of halogens is 2. The van der Waals surface area contributed by atoms with E-state index in [9.17, 15) is 9.59 Å². The Bertz CT molecular complexity index is 283. The summed E-state index contributed by atoms with van der Waals surface area (Å²) in [5.41, 5.74) is 0. The molecule has 1 amide bonds. The normalized spacial score (nSPS) is 25.3. The second-order valence-corrected chi connectivity index (χ2v) is 4.85. The van der Waals surface area contributed by atoms with E-state index in [1.54, 1.807) is 13.8 Å². The van der Waals surface area contributed by atoms with Crippen LogP contribution in [0.3, 0.4) is 0 Å². The monoisotopic (exact) mass is 267 g/mol. The van der Waals surface area contributed by atoms with Gasteiger partial charge in [0, 0.05) is 18.3 Å². The molecule has 0 aliphatic carbocycles. The van der Waals surface area contributed by atoms with Crippen LogP contribution >= 0.6 is 23.2 Å². The van der Waals surface area contributed by atoms with Crippen molar-refractivity contribution < 1.29 is 14.3 Å². The zero-order chi connectivity index (χ0) is 12.3. The van der Waals surface area contributed by atoms with Crippen LogP contribution in [0.25, 0.3) is 0 Å². The van der Waals surface area contributed by atoms with Gasteiger partial charge in [-0.1, -0.05) is 0 Å². The maximum Gasteiger partial charge on any atom is 0.325 e. The van der Waals surface area contributed by atoms with Gasteiger partial charge in [0.15, 0.2) is 0 Å². The molecular formula is C10H15Cl2NO3. The van der Waals surface area contributed by atoms with Gasteiger partial charge in [-0.3, -0.25) is 9.59 Å². The van der Waals surface area contributed by atoms with Crippen molar-refractivity contribution in [1.82, 2.24) is 4.90 Å². The average Bonchev–Trinajstić information content (AvgIpc) is 2.44. The van der Waals surface area contributed by atoms with Gasteiger partial charge in [-0.05, 0) is 13.8 Å². The lowest BCUT2D eigenvalue weighted by atomic mass is 10.1. The molecule has 0 spiro atoms. The molecule has 6 heteroatoms. The molecular weight excluding hydrogens is 253 g/mol. The lowest BCUT2D eigenvalue weighted by molar-refractivity contribution is -0.151. The third kappa shape index (κ3) is 3.25.